The quantitative estimate of drug-likeness (QED) is 0.325. The van der Waals surface area contributed by atoms with Crippen molar-refractivity contribution in [1.29, 1.82) is 0 Å². The van der Waals surface area contributed by atoms with Crippen LogP contribution in [0.1, 0.15) is 45.2 Å². The standard InChI is InChI=1S/C29H29NO5/c1-18-8-10-23(11-9-18)28(31)27-19(2)30(26-15-24(34-4)12-13-25(26)27)16-21-6-5-7-22(14-21)17-35-20(3)29(32)33/h5-15,20H,16-17H2,1-4H3,(H,32,33)/t20-/m1/s1. The van der Waals surface area contributed by atoms with Crippen LogP contribution in [-0.2, 0) is 22.7 Å². The Morgan fingerprint density at radius 1 is 0.971 bits per heavy atom. The smallest absolute Gasteiger partial charge is 0.332 e. The molecule has 1 N–H and O–H groups in total. The van der Waals surface area contributed by atoms with Crippen LogP contribution in [0.25, 0.3) is 10.9 Å². The molecule has 4 aromatic rings. The highest BCUT2D eigenvalue weighted by Crippen LogP contribution is 2.32. The highest BCUT2D eigenvalue weighted by Gasteiger charge is 2.22. The van der Waals surface area contributed by atoms with Gasteiger partial charge in [-0.2, -0.15) is 0 Å². The van der Waals surface area contributed by atoms with Gasteiger partial charge >= 0.3 is 5.97 Å². The summed E-state index contributed by atoms with van der Waals surface area (Å²) >= 11 is 0. The van der Waals surface area contributed by atoms with Crippen LogP contribution >= 0.6 is 0 Å². The highest BCUT2D eigenvalue weighted by molar-refractivity contribution is 6.17. The number of rotatable bonds is 9. The number of benzene rings is 3. The summed E-state index contributed by atoms with van der Waals surface area (Å²) in [6.45, 7) is 6.23. The van der Waals surface area contributed by atoms with Crippen LogP contribution in [0.2, 0.25) is 0 Å². The van der Waals surface area contributed by atoms with Gasteiger partial charge in [-0.05, 0) is 44.0 Å². The summed E-state index contributed by atoms with van der Waals surface area (Å²) in [5, 5.41) is 9.94. The van der Waals surface area contributed by atoms with Crippen LogP contribution in [0.5, 0.6) is 5.75 Å². The first-order chi connectivity index (χ1) is 16.8. The fraction of sp³-hybridized carbons (Fsp3) is 0.241. The van der Waals surface area contributed by atoms with Crippen LogP contribution in [0, 0.1) is 13.8 Å². The second-order valence-corrected chi connectivity index (χ2v) is 8.74. The molecule has 0 spiro atoms. The Kier molecular flexibility index (Phi) is 7.03. The van der Waals surface area contributed by atoms with E-state index in [1.54, 1.807) is 7.11 Å². The maximum Gasteiger partial charge on any atom is 0.332 e. The third-order valence-electron chi connectivity index (χ3n) is 6.25. The number of aromatic nitrogens is 1. The molecule has 0 saturated carbocycles. The molecule has 6 heteroatoms. The minimum atomic E-state index is -0.990. The van der Waals surface area contributed by atoms with Crippen LogP contribution in [-0.4, -0.2) is 34.6 Å². The first kappa shape index (κ1) is 24.2. The average Bonchev–Trinajstić information content (AvgIpc) is 3.13. The van der Waals surface area contributed by atoms with Gasteiger partial charge in [-0.15, -0.1) is 0 Å². The Morgan fingerprint density at radius 2 is 1.69 bits per heavy atom. The van der Waals surface area contributed by atoms with Gasteiger partial charge in [0.05, 0.1) is 24.8 Å². The molecule has 1 aromatic heterocycles. The van der Waals surface area contributed by atoms with E-state index in [-0.39, 0.29) is 12.4 Å². The number of ether oxygens (including phenoxy) is 2. The fourth-order valence-corrected chi connectivity index (χ4v) is 4.22. The van der Waals surface area contributed by atoms with E-state index in [1.807, 2.05) is 80.6 Å². The Hall–Kier alpha value is -3.90. The summed E-state index contributed by atoms with van der Waals surface area (Å²) in [6.07, 6.45) is -0.878. The number of hydrogen-bond acceptors (Lipinski definition) is 4. The van der Waals surface area contributed by atoms with Crippen molar-refractivity contribution < 1.29 is 24.2 Å². The zero-order chi connectivity index (χ0) is 25.1. The molecule has 0 saturated heterocycles. The maximum atomic E-state index is 13.6. The molecule has 1 atom stereocenters. The highest BCUT2D eigenvalue weighted by atomic mass is 16.5. The van der Waals surface area contributed by atoms with E-state index in [9.17, 15) is 9.59 Å². The van der Waals surface area contributed by atoms with Gasteiger partial charge in [0, 0.05) is 29.3 Å². The van der Waals surface area contributed by atoms with Gasteiger partial charge in [0.25, 0.3) is 0 Å². The predicted octanol–water partition coefficient (Wildman–Crippen LogP) is 5.54. The number of carboxylic acid groups (broad SMARTS) is 1. The molecule has 1 heterocycles. The lowest BCUT2D eigenvalue weighted by Gasteiger charge is -2.12. The predicted molar refractivity (Wildman–Crippen MR) is 135 cm³/mol. The zero-order valence-corrected chi connectivity index (χ0v) is 20.4. The molecule has 0 fully saturated rings. The van der Waals surface area contributed by atoms with Gasteiger partial charge in [0.2, 0.25) is 0 Å². The Morgan fingerprint density at radius 3 is 2.37 bits per heavy atom. The summed E-state index contributed by atoms with van der Waals surface area (Å²) in [7, 11) is 1.63. The van der Waals surface area contributed by atoms with Gasteiger partial charge in [-0.1, -0.05) is 54.1 Å². The summed E-state index contributed by atoms with van der Waals surface area (Å²) in [5.41, 5.74) is 6.14. The van der Waals surface area contributed by atoms with Crippen LogP contribution < -0.4 is 4.74 Å². The molecule has 0 amide bonds. The van der Waals surface area contributed by atoms with Crippen LogP contribution in [0.4, 0.5) is 0 Å². The number of methoxy groups -OCH3 is 1. The van der Waals surface area contributed by atoms with E-state index in [0.29, 0.717) is 17.7 Å². The van der Waals surface area contributed by atoms with Gasteiger partial charge in [-0.3, -0.25) is 4.79 Å². The number of ketones is 1. The van der Waals surface area contributed by atoms with E-state index >= 15 is 0 Å². The van der Waals surface area contributed by atoms with Gasteiger partial charge < -0.3 is 19.1 Å². The molecular formula is C29H29NO5. The van der Waals surface area contributed by atoms with E-state index in [1.165, 1.54) is 6.92 Å². The Bertz CT molecular complexity index is 1380. The number of hydrogen-bond donors (Lipinski definition) is 1. The Balaban J connectivity index is 1.73. The lowest BCUT2D eigenvalue weighted by Crippen LogP contribution is -2.19. The average molecular weight is 472 g/mol. The molecule has 3 aromatic carbocycles. The molecule has 6 nitrogen and oxygen atoms in total. The van der Waals surface area contributed by atoms with Crippen molar-refractivity contribution in [3.05, 3.63) is 100 Å². The number of carbonyl (C=O) groups excluding carboxylic acids is 1. The van der Waals surface area contributed by atoms with Crippen LogP contribution in [0.3, 0.4) is 0 Å². The second-order valence-electron chi connectivity index (χ2n) is 8.74. The SMILES string of the molecule is COc1ccc2c(C(=O)c3ccc(C)cc3)c(C)n(Cc3cccc(CO[C@H](C)C(=O)O)c3)c2c1. The number of carbonyl (C=O) groups is 2. The fourth-order valence-electron chi connectivity index (χ4n) is 4.22. The summed E-state index contributed by atoms with van der Waals surface area (Å²) in [4.78, 5) is 24.6. The minimum Gasteiger partial charge on any atom is -0.497 e. The first-order valence-corrected chi connectivity index (χ1v) is 11.5. The lowest BCUT2D eigenvalue weighted by atomic mass is 9.99. The van der Waals surface area contributed by atoms with E-state index in [2.05, 4.69) is 4.57 Å². The van der Waals surface area contributed by atoms with Crippen molar-refractivity contribution in [2.45, 2.75) is 40.0 Å². The molecule has 0 aliphatic rings. The zero-order valence-electron chi connectivity index (χ0n) is 20.4. The third-order valence-corrected chi connectivity index (χ3v) is 6.25. The normalized spacial score (nSPS) is 12.0. The number of aliphatic carboxylic acids is 1. The topological polar surface area (TPSA) is 77.8 Å². The number of fused-ring (bicyclic) bond motifs is 1. The molecule has 0 radical (unpaired) electrons. The molecule has 35 heavy (non-hydrogen) atoms. The monoisotopic (exact) mass is 471 g/mol. The number of carboxylic acids is 1. The first-order valence-electron chi connectivity index (χ1n) is 11.5. The van der Waals surface area contributed by atoms with Crippen LogP contribution in [0.15, 0.2) is 66.7 Å². The van der Waals surface area contributed by atoms with Crippen molar-refractivity contribution in [1.82, 2.24) is 4.57 Å². The molecule has 0 aliphatic carbocycles. The molecular weight excluding hydrogens is 442 g/mol. The summed E-state index contributed by atoms with van der Waals surface area (Å²) < 4.78 is 13.0. The molecule has 4 rings (SSSR count). The van der Waals surface area contributed by atoms with Crippen molar-refractivity contribution in [2.24, 2.45) is 0 Å². The maximum absolute atomic E-state index is 13.6. The molecule has 0 bridgehead atoms. The molecule has 0 aliphatic heterocycles. The second kappa shape index (κ2) is 10.2. The van der Waals surface area contributed by atoms with Gasteiger partial charge in [-0.25, -0.2) is 4.79 Å². The van der Waals surface area contributed by atoms with Gasteiger partial charge in [0.1, 0.15) is 5.75 Å². The third kappa shape index (κ3) is 5.12. The van der Waals surface area contributed by atoms with Crippen molar-refractivity contribution in [3.63, 3.8) is 0 Å². The summed E-state index contributed by atoms with van der Waals surface area (Å²) in [6, 6.07) is 21.3. The summed E-state index contributed by atoms with van der Waals surface area (Å²) in [5.74, 6) is -0.285. The van der Waals surface area contributed by atoms with Crippen molar-refractivity contribution in [2.75, 3.05) is 7.11 Å². The number of aryl methyl sites for hydroxylation is 1. The van der Waals surface area contributed by atoms with Gasteiger partial charge in [0.15, 0.2) is 11.9 Å². The largest absolute Gasteiger partial charge is 0.497 e. The van der Waals surface area contributed by atoms with Crippen molar-refractivity contribution >= 4 is 22.7 Å². The minimum absolute atomic E-state index is 0.0128. The van der Waals surface area contributed by atoms with E-state index in [0.717, 1.165) is 39.0 Å². The van der Waals surface area contributed by atoms with E-state index in [4.69, 9.17) is 14.6 Å². The Labute approximate surface area is 204 Å². The van der Waals surface area contributed by atoms with Crippen molar-refractivity contribution in [3.8, 4) is 5.75 Å². The van der Waals surface area contributed by atoms with E-state index < -0.39 is 12.1 Å². The molecule has 180 valence electrons. The lowest BCUT2D eigenvalue weighted by molar-refractivity contribution is -0.149. The number of nitrogens with zero attached hydrogens (tertiary/aromatic N) is 1. The molecule has 0 unspecified atom stereocenters.